The van der Waals surface area contributed by atoms with Gasteiger partial charge in [-0.2, -0.15) is 0 Å². The molecule has 5 heteroatoms. The highest BCUT2D eigenvalue weighted by molar-refractivity contribution is 5.23. The van der Waals surface area contributed by atoms with Gasteiger partial charge in [0.15, 0.2) is 11.6 Å². The third-order valence-corrected chi connectivity index (χ3v) is 6.02. The maximum atomic E-state index is 13.5. The standard InChI is InChI=1S/C21H24F2N2O/c1-14-5-8-20(24-10-14)21(26)16-3-2-4-17(21)13-25(12-16)11-15-6-7-18(22)19(23)9-15/h5-10,16-17,26H,2-4,11-13H2,1H3. The van der Waals surface area contributed by atoms with Crippen molar-refractivity contribution in [1.29, 1.82) is 0 Å². The van der Waals surface area contributed by atoms with E-state index >= 15 is 0 Å². The molecule has 0 radical (unpaired) electrons. The van der Waals surface area contributed by atoms with Crippen LogP contribution in [-0.4, -0.2) is 28.1 Å². The van der Waals surface area contributed by atoms with E-state index in [0.29, 0.717) is 6.54 Å². The first-order valence-electron chi connectivity index (χ1n) is 9.28. The number of piperidine rings is 1. The first-order valence-corrected chi connectivity index (χ1v) is 9.28. The lowest BCUT2D eigenvalue weighted by Crippen LogP contribution is -2.58. The molecule has 1 aromatic carbocycles. The molecule has 2 heterocycles. The van der Waals surface area contributed by atoms with Crippen molar-refractivity contribution in [2.24, 2.45) is 11.8 Å². The van der Waals surface area contributed by atoms with Gasteiger partial charge in [0.05, 0.1) is 5.69 Å². The molecule has 0 spiro atoms. The number of halogens is 2. The summed E-state index contributed by atoms with van der Waals surface area (Å²) < 4.78 is 26.7. The summed E-state index contributed by atoms with van der Waals surface area (Å²) in [5.74, 6) is -1.41. The van der Waals surface area contributed by atoms with Crippen molar-refractivity contribution in [3.8, 4) is 0 Å². The zero-order valence-corrected chi connectivity index (χ0v) is 15.0. The van der Waals surface area contributed by atoms with Gasteiger partial charge in [0.2, 0.25) is 0 Å². The van der Waals surface area contributed by atoms with Crippen LogP contribution < -0.4 is 0 Å². The van der Waals surface area contributed by atoms with Crippen molar-refractivity contribution in [2.45, 2.75) is 38.3 Å². The van der Waals surface area contributed by atoms with Gasteiger partial charge in [-0.25, -0.2) is 8.78 Å². The molecule has 26 heavy (non-hydrogen) atoms. The van der Waals surface area contributed by atoms with E-state index in [1.54, 1.807) is 6.07 Å². The smallest absolute Gasteiger partial charge is 0.159 e. The third-order valence-electron chi connectivity index (χ3n) is 6.02. The lowest BCUT2D eigenvalue weighted by molar-refractivity contribution is -0.151. The second-order valence-electron chi connectivity index (χ2n) is 7.81. The van der Waals surface area contributed by atoms with E-state index in [9.17, 15) is 13.9 Å². The van der Waals surface area contributed by atoms with Gasteiger partial charge < -0.3 is 5.11 Å². The molecule has 2 aliphatic rings. The van der Waals surface area contributed by atoms with Crippen molar-refractivity contribution in [3.63, 3.8) is 0 Å². The number of hydrogen-bond acceptors (Lipinski definition) is 3. The van der Waals surface area contributed by atoms with Crippen LogP contribution in [0.5, 0.6) is 0 Å². The highest BCUT2D eigenvalue weighted by Crippen LogP contribution is 2.48. The van der Waals surface area contributed by atoms with Gasteiger partial charge in [0, 0.05) is 37.7 Å². The van der Waals surface area contributed by atoms with Gasteiger partial charge in [-0.15, -0.1) is 0 Å². The molecule has 1 saturated heterocycles. The molecule has 0 amide bonds. The van der Waals surface area contributed by atoms with Crippen LogP contribution in [0.4, 0.5) is 8.78 Å². The van der Waals surface area contributed by atoms with Crippen molar-refractivity contribution < 1.29 is 13.9 Å². The van der Waals surface area contributed by atoms with Crippen LogP contribution in [0, 0.1) is 30.4 Å². The van der Waals surface area contributed by atoms with Crippen molar-refractivity contribution >= 4 is 0 Å². The van der Waals surface area contributed by atoms with Gasteiger partial charge in [0.1, 0.15) is 5.60 Å². The fourth-order valence-electron chi connectivity index (χ4n) is 4.69. The molecular weight excluding hydrogens is 334 g/mol. The van der Waals surface area contributed by atoms with Gasteiger partial charge in [-0.1, -0.05) is 18.6 Å². The van der Waals surface area contributed by atoms with Crippen LogP contribution >= 0.6 is 0 Å². The highest BCUT2D eigenvalue weighted by Gasteiger charge is 2.52. The molecule has 138 valence electrons. The number of aryl methyl sites for hydroxylation is 1. The molecule has 1 N–H and O–H groups in total. The normalized spacial score (nSPS) is 28.9. The van der Waals surface area contributed by atoms with E-state index in [4.69, 9.17) is 0 Å². The van der Waals surface area contributed by atoms with E-state index < -0.39 is 17.2 Å². The number of nitrogens with zero attached hydrogens (tertiary/aromatic N) is 2. The number of aromatic nitrogens is 1. The zero-order valence-electron chi connectivity index (χ0n) is 15.0. The number of hydrogen-bond donors (Lipinski definition) is 1. The first-order chi connectivity index (χ1) is 12.5. The summed E-state index contributed by atoms with van der Waals surface area (Å²) in [5, 5.41) is 11.6. The summed E-state index contributed by atoms with van der Waals surface area (Å²) in [6.07, 6.45) is 4.84. The molecule has 2 fully saturated rings. The Kier molecular flexibility index (Phi) is 4.53. The lowest BCUT2D eigenvalue weighted by atomic mass is 9.64. The predicted molar refractivity (Wildman–Crippen MR) is 95.3 cm³/mol. The highest BCUT2D eigenvalue weighted by atomic mass is 19.2. The predicted octanol–water partition coefficient (Wildman–Crippen LogP) is 3.79. The molecule has 1 aliphatic carbocycles. The van der Waals surface area contributed by atoms with Crippen molar-refractivity contribution in [3.05, 3.63) is 65.0 Å². The molecule has 2 unspecified atom stereocenters. The van der Waals surface area contributed by atoms with E-state index in [-0.39, 0.29) is 11.8 Å². The Hall–Kier alpha value is -1.85. The minimum atomic E-state index is -0.892. The molecule has 4 rings (SSSR count). The van der Waals surface area contributed by atoms with Gasteiger partial charge in [-0.05, 0) is 49.1 Å². The van der Waals surface area contributed by atoms with E-state index in [1.807, 2.05) is 25.3 Å². The van der Waals surface area contributed by atoms with Gasteiger partial charge in [0.25, 0.3) is 0 Å². The lowest BCUT2D eigenvalue weighted by Gasteiger charge is -2.52. The zero-order chi connectivity index (χ0) is 18.3. The molecule has 1 aliphatic heterocycles. The van der Waals surface area contributed by atoms with Crippen LogP contribution in [0.25, 0.3) is 0 Å². The molecule has 2 atom stereocenters. The van der Waals surface area contributed by atoms with Gasteiger partial charge >= 0.3 is 0 Å². The monoisotopic (exact) mass is 358 g/mol. The summed E-state index contributed by atoms with van der Waals surface area (Å²) in [6.45, 7) is 4.04. The van der Waals surface area contributed by atoms with Crippen LogP contribution in [0.1, 0.15) is 36.1 Å². The number of aliphatic hydroxyl groups is 1. The summed E-state index contributed by atoms with van der Waals surface area (Å²) in [5.41, 5.74) is 1.72. The number of pyridine rings is 1. The molecule has 2 aromatic rings. The van der Waals surface area contributed by atoms with Crippen LogP contribution in [-0.2, 0) is 12.1 Å². The Morgan fingerprint density at radius 1 is 1.12 bits per heavy atom. The number of likely N-dealkylation sites (tertiary alicyclic amines) is 1. The largest absolute Gasteiger partial charge is 0.383 e. The minimum Gasteiger partial charge on any atom is -0.383 e. The Morgan fingerprint density at radius 3 is 2.46 bits per heavy atom. The maximum Gasteiger partial charge on any atom is 0.159 e. The Balaban J connectivity index is 1.56. The number of benzene rings is 1. The quantitative estimate of drug-likeness (QED) is 0.907. The average molecular weight is 358 g/mol. The second kappa shape index (κ2) is 6.71. The SMILES string of the molecule is Cc1ccc(C2(O)C3CCCC2CN(Cc2ccc(F)c(F)c2)C3)nc1. The molecule has 2 bridgehead atoms. The fraction of sp³-hybridized carbons (Fsp3) is 0.476. The topological polar surface area (TPSA) is 36.4 Å². The first kappa shape index (κ1) is 17.6. The molecular formula is C21H24F2N2O. The number of rotatable bonds is 3. The Labute approximate surface area is 152 Å². The average Bonchev–Trinajstić information content (AvgIpc) is 2.60. The molecule has 1 saturated carbocycles. The van der Waals surface area contributed by atoms with Gasteiger partial charge in [-0.3, -0.25) is 9.88 Å². The summed E-state index contributed by atoms with van der Waals surface area (Å²) in [6, 6.07) is 8.04. The second-order valence-corrected chi connectivity index (χ2v) is 7.81. The number of fused-ring (bicyclic) bond motifs is 2. The van der Waals surface area contributed by atoms with E-state index in [2.05, 4.69) is 9.88 Å². The Bertz CT molecular complexity index is 779. The van der Waals surface area contributed by atoms with E-state index in [0.717, 1.165) is 49.2 Å². The summed E-state index contributed by atoms with van der Waals surface area (Å²) in [7, 11) is 0. The maximum absolute atomic E-state index is 13.5. The Morgan fingerprint density at radius 2 is 1.85 bits per heavy atom. The van der Waals surface area contributed by atoms with Crippen LogP contribution in [0.3, 0.4) is 0 Å². The molecule has 1 aromatic heterocycles. The summed E-state index contributed by atoms with van der Waals surface area (Å²) in [4.78, 5) is 6.78. The minimum absolute atomic E-state index is 0.107. The third kappa shape index (κ3) is 3.03. The van der Waals surface area contributed by atoms with Crippen LogP contribution in [0.2, 0.25) is 0 Å². The summed E-state index contributed by atoms with van der Waals surface area (Å²) >= 11 is 0. The van der Waals surface area contributed by atoms with Crippen LogP contribution in [0.15, 0.2) is 36.5 Å². The van der Waals surface area contributed by atoms with Crippen molar-refractivity contribution in [2.75, 3.05) is 13.1 Å². The van der Waals surface area contributed by atoms with Crippen molar-refractivity contribution in [1.82, 2.24) is 9.88 Å². The fourth-order valence-corrected chi connectivity index (χ4v) is 4.69. The van der Waals surface area contributed by atoms with E-state index in [1.165, 1.54) is 12.1 Å². The molecule has 3 nitrogen and oxygen atoms in total.